The van der Waals surface area contributed by atoms with E-state index in [2.05, 4.69) is 0 Å². The predicted octanol–water partition coefficient (Wildman–Crippen LogP) is -1.34. The Bertz CT molecular complexity index is 159. The summed E-state index contributed by atoms with van der Waals surface area (Å²) in [6.07, 6.45) is 0. The van der Waals surface area contributed by atoms with E-state index in [4.69, 9.17) is 61.3 Å². The van der Waals surface area contributed by atoms with E-state index in [0.29, 0.717) is 0 Å². The second kappa shape index (κ2) is 23.5. The Morgan fingerprint density at radius 2 is 0.412 bits per heavy atom. The third kappa shape index (κ3) is 353. The Morgan fingerprint density at radius 3 is 0.412 bits per heavy atom. The van der Waals surface area contributed by atoms with Crippen LogP contribution in [-0.4, -0.2) is 46.9 Å². The molecule has 0 bridgehead atoms. The van der Waals surface area contributed by atoms with Gasteiger partial charge in [0.2, 0.25) is 0 Å². The van der Waals surface area contributed by atoms with Crippen LogP contribution in [0.5, 0.6) is 0 Å². The third-order valence-electron chi connectivity index (χ3n) is 0. The second-order valence-electron chi connectivity index (χ2n) is 0.894. The molecule has 0 aromatic carbocycles. The van der Waals surface area contributed by atoms with Gasteiger partial charge in [-0.1, -0.05) is 0 Å². The summed E-state index contributed by atoms with van der Waals surface area (Å²) in [6.45, 7) is 0. The van der Waals surface area contributed by atoms with Gasteiger partial charge in [-0.15, -0.1) is 0 Å². The van der Waals surface area contributed by atoms with Crippen molar-refractivity contribution in [1.29, 1.82) is 0 Å². The number of rotatable bonds is 0. The van der Waals surface area contributed by atoms with Crippen LogP contribution in [0.25, 0.3) is 0 Å². The molecule has 0 aliphatic heterocycles. The van der Waals surface area contributed by atoms with Crippen LogP contribution in [0, 0.1) is 61.3 Å². The molecule has 0 spiro atoms. The van der Waals surface area contributed by atoms with E-state index in [9.17, 15) is 0 Å². The average Bonchev–Trinajstić information content (AvgIpc) is 1.76. The summed E-state index contributed by atoms with van der Waals surface area (Å²) in [7, 11) is 0. The minimum absolute atomic E-state index is 0. The Hall–Kier alpha value is -2.30. The zero-order chi connectivity index (χ0) is 14.3. The number of hydrogen-bond donors (Lipinski definition) is 0. The van der Waals surface area contributed by atoms with Crippen LogP contribution in [0.4, 0.5) is 0 Å². The van der Waals surface area contributed by atoms with Gasteiger partial charge in [0.25, 0.3) is 0 Å². The first-order chi connectivity index (χ1) is 6.93. The summed E-state index contributed by atoms with van der Waals surface area (Å²) in [5.41, 5.74) is 0. The van der Waals surface area contributed by atoms with Gasteiger partial charge in [0.1, 0.15) is 0 Å². The molecule has 0 amide bonds. The SMILES string of the molecule is O=[N+]([O-])[O-].O=[N+]([O-])[O-].O=[N+]([O-])[O-].O=[N+]([O-])[O-].[Po]. The molecule has 0 fully saturated rings. The zero-order valence-electron chi connectivity index (χ0n) is 7.10. The van der Waals surface area contributed by atoms with Gasteiger partial charge in [0.15, 0.2) is 0 Å². The summed E-state index contributed by atoms with van der Waals surface area (Å²) >= 11 is 0. The molecule has 16 nitrogen and oxygen atoms in total. The van der Waals surface area contributed by atoms with Crippen molar-refractivity contribution in [3.63, 3.8) is 0 Å². The Balaban J connectivity index is -0.0000000369. The van der Waals surface area contributed by atoms with E-state index < -0.39 is 20.3 Å². The number of hydrogen-bond acceptors (Lipinski definition) is 12. The predicted molar refractivity (Wildman–Crippen MR) is 47.2 cm³/mol. The molecule has 0 aliphatic rings. The van der Waals surface area contributed by atoms with Crippen molar-refractivity contribution >= 4 is 26.6 Å². The van der Waals surface area contributed by atoms with E-state index in [1.807, 2.05) is 0 Å². The Kier molecular flexibility index (Phi) is 40.5. The van der Waals surface area contributed by atoms with E-state index in [1.54, 1.807) is 0 Å². The summed E-state index contributed by atoms with van der Waals surface area (Å²) in [6, 6.07) is 0. The van der Waals surface area contributed by atoms with Crippen molar-refractivity contribution in [3.05, 3.63) is 61.3 Å². The topological polar surface area (TPSA) is 265 Å². The number of nitrogens with zero attached hydrogens (tertiary/aromatic N) is 4. The van der Waals surface area contributed by atoms with Crippen LogP contribution in [0.2, 0.25) is 0 Å². The van der Waals surface area contributed by atoms with Crippen LogP contribution >= 0.6 is 0 Å². The largest absolute Gasteiger partial charge is 0.356 e. The standard InChI is InChI=1S/4NO3.Po/c4*2-1(3)4;/q4*-1;. The van der Waals surface area contributed by atoms with Gasteiger partial charge in [0.05, 0.1) is 20.3 Å². The molecular weight excluding hydrogens is 457 g/mol. The molecule has 0 aromatic rings. The fourth-order valence-corrected chi connectivity index (χ4v) is 0. The fourth-order valence-electron chi connectivity index (χ4n) is 0. The molecular formula is N4O12Po-4. The van der Waals surface area contributed by atoms with Crippen LogP contribution in [0.1, 0.15) is 0 Å². The van der Waals surface area contributed by atoms with Crippen molar-refractivity contribution in [3.8, 4) is 0 Å². The van der Waals surface area contributed by atoms with E-state index in [-0.39, 0.29) is 26.6 Å². The summed E-state index contributed by atoms with van der Waals surface area (Å²) in [4.78, 5) is 33.0. The first kappa shape index (κ1) is 29.3. The zero-order valence-corrected chi connectivity index (χ0v) is 10.3. The first-order valence-corrected chi connectivity index (χ1v) is 2.19. The Labute approximate surface area is 109 Å². The van der Waals surface area contributed by atoms with E-state index >= 15 is 0 Å². The summed E-state index contributed by atoms with van der Waals surface area (Å²) in [5, 5.41) is 59.0. The van der Waals surface area contributed by atoms with Gasteiger partial charge in [0, 0.05) is 26.6 Å². The molecule has 0 unspecified atom stereocenters. The van der Waals surface area contributed by atoms with Gasteiger partial charge in [-0.3, -0.25) is 0 Å². The minimum Gasteiger partial charge on any atom is -0.356 e. The molecule has 17 heteroatoms. The van der Waals surface area contributed by atoms with Gasteiger partial charge < -0.3 is 61.3 Å². The molecule has 102 valence electrons. The fraction of sp³-hybridized carbons (Fsp3) is 0. The average molecular weight is 457 g/mol. The molecule has 0 aromatic heterocycles. The molecule has 0 heterocycles. The van der Waals surface area contributed by atoms with Gasteiger partial charge >= 0.3 is 0 Å². The quantitative estimate of drug-likeness (QED) is 0.302. The van der Waals surface area contributed by atoms with Crippen molar-refractivity contribution in [2.45, 2.75) is 0 Å². The minimum atomic E-state index is -1.75. The van der Waals surface area contributed by atoms with Crippen molar-refractivity contribution < 1.29 is 20.3 Å². The molecule has 0 rings (SSSR count). The first-order valence-electron chi connectivity index (χ1n) is 2.19. The van der Waals surface area contributed by atoms with Gasteiger partial charge in [-0.2, -0.15) is 0 Å². The molecule has 17 heavy (non-hydrogen) atoms. The van der Waals surface area contributed by atoms with Crippen LogP contribution in [0.3, 0.4) is 0 Å². The normalized spacial score (nSPS) is 5.65. The molecule has 0 N–H and O–H groups in total. The Morgan fingerprint density at radius 1 is 0.412 bits per heavy atom. The van der Waals surface area contributed by atoms with E-state index in [0.717, 1.165) is 0 Å². The van der Waals surface area contributed by atoms with Crippen LogP contribution in [0.15, 0.2) is 0 Å². The summed E-state index contributed by atoms with van der Waals surface area (Å²) < 4.78 is 0. The maximum absolute atomic E-state index is 8.25. The third-order valence-corrected chi connectivity index (χ3v) is 0. The molecule has 2 radical (unpaired) electrons. The van der Waals surface area contributed by atoms with Crippen LogP contribution in [-0.2, 0) is 0 Å². The van der Waals surface area contributed by atoms with Crippen molar-refractivity contribution in [1.82, 2.24) is 0 Å². The van der Waals surface area contributed by atoms with Crippen molar-refractivity contribution in [2.24, 2.45) is 0 Å². The monoisotopic (exact) mass is 457 g/mol. The molecule has 0 saturated carbocycles. The van der Waals surface area contributed by atoms with Gasteiger partial charge in [-0.25, -0.2) is 0 Å². The van der Waals surface area contributed by atoms with Crippen molar-refractivity contribution in [2.75, 3.05) is 0 Å². The second-order valence-corrected chi connectivity index (χ2v) is 0.894. The molecule has 0 saturated heterocycles. The molecule has 0 atom stereocenters. The summed E-state index contributed by atoms with van der Waals surface area (Å²) in [5.74, 6) is 0. The van der Waals surface area contributed by atoms with Crippen LogP contribution < -0.4 is 0 Å². The van der Waals surface area contributed by atoms with E-state index in [1.165, 1.54) is 0 Å². The smallest absolute Gasteiger partial charge is 0.0689 e. The maximum atomic E-state index is 8.25. The van der Waals surface area contributed by atoms with Gasteiger partial charge in [-0.05, 0) is 0 Å². The maximum Gasteiger partial charge on any atom is 0.0689 e. The molecule has 0 aliphatic carbocycles.